The zero-order valence-electron chi connectivity index (χ0n) is 14.9. The fourth-order valence-electron chi connectivity index (χ4n) is 3.18. The van der Waals surface area contributed by atoms with Crippen LogP contribution in [-0.4, -0.2) is 9.78 Å². The Kier molecular flexibility index (Phi) is 4.05. The maximum atomic E-state index is 12.9. The molecule has 128 valence electrons. The van der Waals surface area contributed by atoms with Crippen molar-refractivity contribution in [3.8, 4) is 28.1 Å². The van der Waals surface area contributed by atoms with Gasteiger partial charge in [0, 0.05) is 5.56 Å². The van der Waals surface area contributed by atoms with Gasteiger partial charge in [-0.1, -0.05) is 77.9 Å². The van der Waals surface area contributed by atoms with Crippen LogP contribution in [-0.2, 0) is 0 Å². The Morgan fingerprint density at radius 1 is 0.692 bits per heavy atom. The molecule has 4 rings (SSSR count). The molecule has 3 aromatic carbocycles. The minimum Gasteiger partial charge on any atom is -0.267 e. The second-order valence-corrected chi connectivity index (χ2v) is 6.57. The summed E-state index contributed by atoms with van der Waals surface area (Å²) in [5.41, 5.74) is 6.69. The first-order valence-electron chi connectivity index (χ1n) is 8.68. The number of hydrogen-bond donors (Lipinski definition) is 1. The van der Waals surface area contributed by atoms with Crippen LogP contribution in [0.2, 0.25) is 0 Å². The van der Waals surface area contributed by atoms with Gasteiger partial charge in [-0.05, 0) is 31.5 Å². The summed E-state index contributed by atoms with van der Waals surface area (Å²) < 4.78 is 1.88. The van der Waals surface area contributed by atoms with Crippen LogP contribution in [0.25, 0.3) is 28.1 Å². The Bertz CT molecular complexity index is 1090. The zero-order valence-corrected chi connectivity index (χ0v) is 14.9. The second kappa shape index (κ2) is 6.52. The Morgan fingerprint density at radius 2 is 1.27 bits per heavy atom. The Morgan fingerprint density at radius 3 is 1.88 bits per heavy atom. The van der Waals surface area contributed by atoms with E-state index in [2.05, 4.69) is 12.0 Å². The number of aromatic amines is 1. The number of benzene rings is 3. The zero-order chi connectivity index (χ0) is 18.1. The van der Waals surface area contributed by atoms with E-state index in [1.807, 2.05) is 90.5 Å². The monoisotopic (exact) mass is 340 g/mol. The molecule has 1 N–H and O–H groups in total. The minimum absolute atomic E-state index is 0.0896. The van der Waals surface area contributed by atoms with Crippen LogP contribution < -0.4 is 5.56 Å². The third-order valence-electron chi connectivity index (χ3n) is 4.58. The standard InChI is InChI=1S/C23H20N2O/c1-16-8-12-18(13-9-16)21-22(19-6-4-3-5-7-19)25(24-23(21)26)20-14-10-17(2)11-15-20/h3-15H,1-2H3,(H,24,26). The van der Waals surface area contributed by atoms with Crippen molar-refractivity contribution in [2.24, 2.45) is 0 Å². The molecule has 0 fully saturated rings. The molecule has 0 spiro atoms. The molecule has 0 saturated carbocycles. The van der Waals surface area contributed by atoms with Crippen LogP contribution in [0.3, 0.4) is 0 Å². The molecule has 0 bridgehead atoms. The van der Waals surface area contributed by atoms with E-state index in [-0.39, 0.29) is 5.56 Å². The lowest BCUT2D eigenvalue weighted by Crippen LogP contribution is -2.05. The molecule has 0 aliphatic heterocycles. The summed E-state index contributed by atoms with van der Waals surface area (Å²) in [4.78, 5) is 12.9. The van der Waals surface area contributed by atoms with E-state index < -0.39 is 0 Å². The van der Waals surface area contributed by atoms with Crippen molar-refractivity contribution < 1.29 is 0 Å². The largest absolute Gasteiger partial charge is 0.272 e. The lowest BCUT2D eigenvalue weighted by molar-refractivity contribution is 0.870. The molecule has 0 radical (unpaired) electrons. The predicted octanol–water partition coefficient (Wildman–Crippen LogP) is 5.12. The highest BCUT2D eigenvalue weighted by atomic mass is 16.1. The first kappa shape index (κ1) is 16.2. The third-order valence-corrected chi connectivity index (χ3v) is 4.58. The molecule has 3 nitrogen and oxygen atoms in total. The summed E-state index contributed by atoms with van der Waals surface area (Å²) in [6.45, 7) is 4.10. The van der Waals surface area contributed by atoms with Crippen molar-refractivity contribution in [3.05, 3.63) is 100 Å². The summed E-state index contributed by atoms with van der Waals surface area (Å²) in [5.74, 6) is 0. The van der Waals surface area contributed by atoms with E-state index in [0.717, 1.165) is 22.5 Å². The van der Waals surface area contributed by atoms with Gasteiger partial charge in [0.25, 0.3) is 5.56 Å². The summed E-state index contributed by atoms with van der Waals surface area (Å²) in [5, 5.41) is 3.02. The fourth-order valence-corrected chi connectivity index (χ4v) is 3.18. The highest BCUT2D eigenvalue weighted by Gasteiger charge is 2.19. The second-order valence-electron chi connectivity index (χ2n) is 6.57. The number of rotatable bonds is 3. The van der Waals surface area contributed by atoms with Crippen molar-refractivity contribution in [1.29, 1.82) is 0 Å². The molecule has 4 aromatic rings. The van der Waals surface area contributed by atoms with E-state index in [1.165, 1.54) is 11.1 Å². The molecule has 0 amide bonds. The molecule has 0 aliphatic rings. The normalized spacial score (nSPS) is 10.8. The first-order chi connectivity index (χ1) is 12.6. The van der Waals surface area contributed by atoms with Gasteiger partial charge in [-0.2, -0.15) is 0 Å². The van der Waals surface area contributed by atoms with Gasteiger partial charge in [-0.3, -0.25) is 14.6 Å². The smallest absolute Gasteiger partial charge is 0.267 e. The number of H-pyrrole nitrogens is 1. The van der Waals surface area contributed by atoms with Gasteiger partial charge in [0.1, 0.15) is 0 Å². The van der Waals surface area contributed by atoms with E-state index in [4.69, 9.17) is 0 Å². The van der Waals surface area contributed by atoms with Crippen molar-refractivity contribution in [2.45, 2.75) is 13.8 Å². The SMILES string of the molecule is Cc1ccc(-c2c(-c3ccccc3)n(-c3ccc(C)cc3)[nH]c2=O)cc1. The van der Waals surface area contributed by atoms with E-state index in [9.17, 15) is 4.79 Å². The molecule has 3 heteroatoms. The van der Waals surface area contributed by atoms with Crippen LogP contribution in [0.1, 0.15) is 11.1 Å². The summed E-state index contributed by atoms with van der Waals surface area (Å²) in [6, 6.07) is 26.3. The van der Waals surface area contributed by atoms with Crippen molar-refractivity contribution in [1.82, 2.24) is 9.78 Å². The topological polar surface area (TPSA) is 37.8 Å². The quantitative estimate of drug-likeness (QED) is 0.552. The van der Waals surface area contributed by atoms with Crippen LogP contribution in [0.4, 0.5) is 0 Å². The average molecular weight is 340 g/mol. The van der Waals surface area contributed by atoms with Crippen molar-refractivity contribution >= 4 is 0 Å². The average Bonchev–Trinajstić information content (AvgIpc) is 3.01. The van der Waals surface area contributed by atoms with Gasteiger partial charge < -0.3 is 0 Å². The van der Waals surface area contributed by atoms with Crippen LogP contribution >= 0.6 is 0 Å². The lowest BCUT2D eigenvalue weighted by Gasteiger charge is -2.11. The highest BCUT2D eigenvalue weighted by molar-refractivity contribution is 5.81. The third kappa shape index (κ3) is 2.88. The number of aryl methyl sites for hydroxylation is 2. The molecule has 1 aromatic heterocycles. The van der Waals surface area contributed by atoms with Crippen molar-refractivity contribution in [3.63, 3.8) is 0 Å². The molecular formula is C23H20N2O. The molecule has 1 heterocycles. The predicted molar refractivity (Wildman–Crippen MR) is 107 cm³/mol. The van der Waals surface area contributed by atoms with Gasteiger partial charge in [-0.15, -0.1) is 0 Å². The van der Waals surface area contributed by atoms with E-state index >= 15 is 0 Å². The molecule has 0 atom stereocenters. The van der Waals surface area contributed by atoms with Crippen molar-refractivity contribution in [2.75, 3.05) is 0 Å². The summed E-state index contributed by atoms with van der Waals surface area (Å²) in [7, 11) is 0. The Balaban J connectivity index is 2.01. The molecule has 26 heavy (non-hydrogen) atoms. The fraction of sp³-hybridized carbons (Fsp3) is 0.0870. The van der Waals surface area contributed by atoms with Gasteiger partial charge >= 0.3 is 0 Å². The summed E-state index contributed by atoms with van der Waals surface area (Å²) >= 11 is 0. The number of nitrogens with one attached hydrogen (secondary N) is 1. The lowest BCUT2D eigenvalue weighted by atomic mass is 10.0. The maximum Gasteiger partial charge on any atom is 0.272 e. The Labute approximate surface area is 152 Å². The molecule has 0 aliphatic carbocycles. The van der Waals surface area contributed by atoms with Gasteiger partial charge in [0.05, 0.1) is 16.9 Å². The number of aromatic nitrogens is 2. The van der Waals surface area contributed by atoms with E-state index in [0.29, 0.717) is 5.56 Å². The van der Waals surface area contributed by atoms with Crippen LogP contribution in [0.15, 0.2) is 83.7 Å². The Hall–Kier alpha value is -3.33. The van der Waals surface area contributed by atoms with Gasteiger partial charge in [-0.25, -0.2) is 0 Å². The summed E-state index contributed by atoms with van der Waals surface area (Å²) in [6.07, 6.45) is 0. The number of nitrogens with zero attached hydrogens (tertiary/aromatic N) is 1. The van der Waals surface area contributed by atoms with Gasteiger partial charge in [0.2, 0.25) is 0 Å². The van der Waals surface area contributed by atoms with Crippen LogP contribution in [0.5, 0.6) is 0 Å². The molecule has 0 saturated heterocycles. The molecule has 0 unspecified atom stereocenters. The minimum atomic E-state index is -0.0896. The molecular weight excluding hydrogens is 320 g/mol. The van der Waals surface area contributed by atoms with Gasteiger partial charge in [0.15, 0.2) is 0 Å². The van der Waals surface area contributed by atoms with Crippen LogP contribution in [0, 0.1) is 13.8 Å². The maximum absolute atomic E-state index is 12.9. The first-order valence-corrected chi connectivity index (χ1v) is 8.68. The highest BCUT2D eigenvalue weighted by Crippen LogP contribution is 2.31. The van der Waals surface area contributed by atoms with E-state index in [1.54, 1.807) is 0 Å². The number of hydrogen-bond acceptors (Lipinski definition) is 1.